The monoisotopic (exact) mass is 500 g/mol. The van der Waals surface area contributed by atoms with Crippen LogP contribution in [0.5, 0.6) is 0 Å². The minimum atomic E-state index is -2.74. The number of nitrogens with zero attached hydrogens (tertiary/aromatic N) is 4. The van der Waals surface area contributed by atoms with Crippen LogP contribution in [0.2, 0.25) is 0 Å². The molecule has 2 atom stereocenters. The molecular formula is C22H36N4O7S. The van der Waals surface area contributed by atoms with Crippen molar-refractivity contribution in [3.05, 3.63) is 18.0 Å². The molecule has 1 aromatic heterocycles. The molecule has 0 bridgehead atoms. The summed E-state index contributed by atoms with van der Waals surface area (Å²) in [5.41, 5.74) is -1.37. The number of aromatic nitrogens is 2. The summed E-state index contributed by atoms with van der Waals surface area (Å²) in [6, 6.07) is 1.52. The van der Waals surface area contributed by atoms with Gasteiger partial charge in [0.25, 0.3) is 0 Å². The number of carbonyl (C=O) groups is 3. The zero-order chi connectivity index (χ0) is 25.3. The van der Waals surface area contributed by atoms with Crippen molar-refractivity contribution in [2.75, 3.05) is 31.6 Å². The number of hydrogen-bond acceptors (Lipinski definition) is 8. The van der Waals surface area contributed by atoms with E-state index in [1.807, 2.05) is 16.4 Å². The van der Waals surface area contributed by atoms with E-state index in [1.54, 1.807) is 0 Å². The molecule has 2 saturated heterocycles. The molecular weight excluding hydrogens is 464 g/mol. The van der Waals surface area contributed by atoms with Gasteiger partial charge >= 0.3 is 17.9 Å². The maximum absolute atomic E-state index is 10.3. The summed E-state index contributed by atoms with van der Waals surface area (Å²) in [4.78, 5) is 35.9. The van der Waals surface area contributed by atoms with Gasteiger partial charge in [0.2, 0.25) is 0 Å². The Hall–Kier alpha value is -2.15. The Balaban J connectivity index is 0.000000273. The molecule has 3 heterocycles. The number of aliphatic hydroxyl groups is 1. The van der Waals surface area contributed by atoms with Crippen LogP contribution in [-0.4, -0.2) is 107 Å². The molecule has 0 amide bonds. The lowest BCUT2D eigenvalue weighted by molar-refractivity contribution is -0.170. The number of aryl methyl sites for hydroxylation is 1. The molecule has 0 radical (unpaired) electrons. The minimum absolute atomic E-state index is 0.719. The summed E-state index contributed by atoms with van der Waals surface area (Å²) in [5, 5.41) is 38.2. The first kappa shape index (κ1) is 28.1. The quantitative estimate of drug-likeness (QED) is 0.344. The zero-order valence-electron chi connectivity index (χ0n) is 19.8. The maximum Gasteiger partial charge on any atom is 0.336 e. The molecule has 0 aliphatic carbocycles. The second kappa shape index (κ2) is 13.1. The number of rotatable bonds is 11. The molecule has 0 aromatic carbocycles. The molecule has 12 heteroatoms. The van der Waals surface area contributed by atoms with Gasteiger partial charge in [-0.2, -0.15) is 16.9 Å². The molecule has 3 rings (SSSR count). The molecule has 34 heavy (non-hydrogen) atoms. The largest absolute Gasteiger partial charge is 0.481 e. The summed E-state index contributed by atoms with van der Waals surface area (Å²) in [5.74, 6) is -3.75. The molecule has 11 nitrogen and oxygen atoms in total. The molecule has 2 fully saturated rings. The van der Waals surface area contributed by atoms with Crippen molar-refractivity contribution in [1.29, 1.82) is 0 Å². The van der Waals surface area contributed by atoms with Crippen molar-refractivity contribution in [1.82, 2.24) is 19.6 Å². The number of thioether (sulfide) groups is 1. The highest BCUT2D eigenvalue weighted by Crippen LogP contribution is 2.27. The number of carboxylic acids is 3. The second-order valence-electron chi connectivity index (χ2n) is 8.84. The van der Waals surface area contributed by atoms with Crippen LogP contribution in [0.4, 0.5) is 0 Å². The van der Waals surface area contributed by atoms with Gasteiger partial charge < -0.3 is 20.4 Å². The smallest absolute Gasteiger partial charge is 0.336 e. The summed E-state index contributed by atoms with van der Waals surface area (Å²) < 4.78 is 2.04. The van der Waals surface area contributed by atoms with Gasteiger partial charge in [-0.05, 0) is 44.7 Å². The molecule has 2 aliphatic rings. The van der Waals surface area contributed by atoms with Gasteiger partial charge in [-0.3, -0.25) is 24.1 Å². The third-order valence-electron chi connectivity index (χ3n) is 6.24. The highest BCUT2D eigenvalue weighted by atomic mass is 32.2. The molecule has 192 valence electrons. The van der Waals surface area contributed by atoms with Gasteiger partial charge in [0.05, 0.1) is 19.0 Å². The first-order valence-electron chi connectivity index (χ1n) is 11.5. The third kappa shape index (κ3) is 8.26. The number of fused-ring (bicyclic) bond motifs is 1. The highest BCUT2D eigenvalue weighted by Gasteiger charge is 2.41. The van der Waals surface area contributed by atoms with E-state index >= 15 is 0 Å². The molecule has 0 spiro atoms. The Morgan fingerprint density at radius 1 is 1.18 bits per heavy atom. The van der Waals surface area contributed by atoms with Gasteiger partial charge in [0.1, 0.15) is 0 Å². The second-order valence-corrected chi connectivity index (χ2v) is 9.82. The summed E-state index contributed by atoms with van der Waals surface area (Å²) >= 11 is 1.97. The van der Waals surface area contributed by atoms with Crippen molar-refractivity contribution in [2.45, 2.75) is 69.8 Å². The van der Waals surface area contributed by atoms with E-state index < -0.39 is 36.4 Å². The van der Waals surface area contributed by atoms with Crippen molar-refractivity contribution < 1.29 is 34.8 Å². The van der Waals surface area contributed by atoms with E-state index in [4.69, 9.17) is 20.4 Å². The van der Waals surface area contributed by atoms with E-state index in [0.29, 0.717) is 0 Å². The first-order chi connectivity index (χ1) is 16.1. The molecule has 1 aromatic rings. The average Bonchev–Trinajstić information content (AvgIpc) is 3.40. The fourth-order valence-electron chi connectivity index (χ4n) is 4.48. The Morgan fingerprint density at radius 2 is 1.85 bits per heavy atom. The molecule has 0 saturated carbocycles. The molecule has 0 unspecified atom stereocenters. The van der Waals surface area contributed by atoms with Gasteiger partial charge in [0.15, 0.2) is 5.60 Å². The average molecular weight is 501 g/mol. The summed E-state index contributed by atoms with van der Waals surface area (Å²) in [6.07, 6.45) is 8.29. The number of carboxylic acid groups (broad SMARTS) is 3. The van der Waals surface area contributed by atoms with Crippen molar-refractivity contribution >= 4 is 29.7 Å². The predicted molar refractivity (Wildman–Crippen MR) is 127 cm³/mol. The van der Waals surface area contributed by atoms with E-state index in [9.17, 15) is 14.4 Å². The normalized spacial score (nSPS) is 20.9. The van der Waals surface area contributed by atoms with E-state index in [1.165, 1.54) is 50.2 Å². The third-order valence-corrected chi connectivity index (χ3v) is 6.89. The van der Waals surface area contributed by atoms with Crippen LogP contribution < -0.4 is 0 Å². The van der Waals surface area contributed by atoms with Gasteiger partial charge in [-0.1, -0.05) is 0 Å². The van der Waals surface area contributed by atoms with E-state index in [-0.39, 0.29) is 0 Å². The fourth-order valence-corrected chi connectivity index (χ4v) is 4.99. The highest BCUT2D eigenvalue weighted by molar-refractivity contribution is 7.98. The van der Waals surface area contributed by atoms with Crippen molar-refractivity contribution in [2.24, 2.45) is 0 Å². The number of aliphatic carboxylic acids is 3. The van der Waals surface area contributed by atoms with Crippen molar-refractivity contribution in [3.63, 3.8) is 0 Å². The van der Waals surface area contributed by atoms with Crippen LogP contribution in [0, 0.1) is 0 Å². The Morgan fingerprint density at radius 3 is 2.38 bits per heavy atom. The van der Waals surface area contributed by atoms with Crippen LogP contribution >= 0.6 is 11.8 Å². The van der Waals surface area contributed by atoms with Gasteiger partial charge in [-0.25, -0.2) is 4.79 Å². The van der Waals surface area contributed by atoms with Gasteiger partial charge in [-0.15, -0.1) is 0 Å². The topological polar surface area (TPSA) is 156 Å². The standard InChI is InChI=1S/C16H28N4S.C6H8O7/c1-3-20-11-14(9-17-20)10-19-13-15-5-4-7-18(15)12-16(19)6-8-21-2;7-3(8)1-6(13,5(11)12)2-4(9)10/h9,11,15-16H,3-8,10,12-13H2,1-2H3;13H,1-2H2,(H,7,8)(H,9,10)(H,11,12)/t15-,16-;/m0./s1. The summed E-state index contributed by atoms with van der Waals surface area (Å²) in [7, 11) is 0. The Bertz CT molecular complexity index is 818. The molecule has 4 N–H and O–H groups in total. The van der Waals surface area contributed by atoms with Gasteiger partial charge in [0, 0.05) is 50.0 Å². The van der Waals surface area contributed by atoms with E-state index in [0.717, 1.165) is 25.2 Å². The Labute approximate surface area is 203 Å². The van der Waals surface area contributed by atoms with E-state index in [2.05, 4.69) is 40.5 Å². The lowest BCUT2D eigenvalue weighted by Crippen LogP contribution is -2.55. The van der Waals surface area contributed by atoms with Crippen molar-refractivity contribution in [3.8, 4) is 0 Å². The summed E-state index contributed by atoms with van der Waals surface area (Å²) in [6.45, 7) is 8.02. The zero-order valence-corrected chi connectivity index (χ0v) is 20.6. The van der Waals surface area contributed by atoms with Crippen LogP contribution in [0.1, 0.15) is 44.6 Å². The van der Waals surface area contributed by atoms with Crippen LogP contribution in [0.15, 0.2) is 12.4 Å². The predicted octanol–water partition coefficient (Wildman–Crippen LogP) is 1.06. The SMILES string of the molecule is CCn1cc(CN2C[C@@H]3CCCN3C[C@@H]2CCSC)cn1.O=C(O)CC(O)(CC(=O)O)C(=O)O. The van der Waals surface area contributed by atoms with Crippen LogP contribution in [-0.2, 0) is 27.5 Å². The molecule has 2 aliphatic heterocycles. The first-order valence-corrected chi connectivity index (χ1v) is 12.8. The lowest BCUT2D eigenvalue weighted by Gasteiger charge is -2.43. The maximum atomic E-state index is 10.3. The number of hydrogen-bond donors (Lipinski definition) is 4. The minimum Gasteiger partial charge on any atom is -0.481 e. The number of piperazine rings is 1. The van der Waals surface area contributed by atoms with Crippen LogP contribution in [0.25, 0.3) is 0 Å². The van der Waals surface area contributed by atoms with Crippen LogP contribution in [0.3, 0.4) is 0 Å². The Kier molecular flexibility index (Phi) is 10.8. The fraction of sp³-hybridized carbons (Fsp3) is 0.727. The lowest BCUT2D eigenvalue weighted by atomic mass is 9.96.